The minimum absolute atomic E-state index is 0.504. The predicted molar refractivity (Wildman–Crippen MR) is 124 cm³/mol. The highest BCUT2D eigenvalue weighted by Gasteiger charge is 2.31. The van der Waals surface area contributed by atoms with Gasteiger partial charge >= 0.3 is 0 Å². The Morgan fingerprint density at radius 1 is 0.906 bits per heavy atom. The van der Waals surface area contributed by atoms with Crippen molar-refractivity contribution in [1.82, 2.24) is 9.97 Å². The number of ether oxygens (including phenoxy) is 4. The first-order valence-electron chi connectivity index (χ1n) is 10.6. The van der Waals surface area contributed by atoms with Gasteiger partial charge in [-0.15, -0.1) is 0 Å². The fourth-order valence-electron chi connectivity index (χ4n) is 3.95. The van der Waals surface area contributed by atoms with Crippen molar-refractivity contribution in [1.29, 1.82) is 0 Å². The molecular formula is C26H28N2O4. The van der Waals surface area contributed by atoms with Gasteiger partial charge in [0, 0.05) is 24.4 Å². The lowest BCUT2D eigenvalue weighted by Gasteiger charge is -2.33. The zero-order valence-electron chi connectivity index (χ0n) is 19.1. The summed E-state index contributed by atoms with van der Waals surface area (Å²) in [5, 5.41) is 0. The van der Waals surface area contributed by atoms with E-state index in [1.165, 1.54) is 6.33 Å². The van der Waals surface area contributed by atoms with Crippen LogP contribution in [0, 0.1) is 0 Å². The van der Waals surface area contributed by atoms with Gasteiger partial charge in [-0.3, -0.25) is 0 Å². The Kier molecular flexibility index (Phi) is 6.04. The quantitative estimate of drug-likeness (QED) is 0.518. The maximum atomic E-state index is 6.38. The molecule has 2 heterocycles. The van der Waals surface area contributed by atoms with Crippen LogP contribution in [0.3, 0.4) is 0 Å². The lowest BCUT2D eigenvalue weighted by molar-refractivity contribution is 0.149. The Morgan fingerprint density at radius 3 is 2.34 bits per heavy atom. The van der Waals surface area contributed by atoms with Crippen LogP contribution in [0.2, 0.25) is 0 Å². The van der Waals surface area contributed by atoms with Gasteiger partial charge in [0.15, 0.2) is 23.0 Å². The maximum Gasteiger partial charge on any atom is 0.170 e. The molecule has 166 valence electrons. The number of hydrogen-bond donors (Lipinski definition) is 0. The summed E-state index contributed by atoms with van der Waals surface area (Å²) in [6, 6.07) is 10.2. The van der Waals surface area contributed by atoms with Crippen LogP contribution in [0.5, 0.6) is 23.0 Å². The lowest BCUT2D eigenvalue weighted by Crippen LogP contribution is -2.29. The van der Waals surface area contributed by atoms with Gasteiger partial charge in [-0.2, -0.15) is 0 Å². The normalized spacial score (nSPS) is 14.1. The minimum atomic E-state index is -0.504. The van der Waals surface area contributed by atoms with Crippen molar-refractivity contribution in [2.24, 2.45) is 0 Å². The molecule has 0 amide bonds. The number of hydrogen-bond acceptors (Lipinski definition) is 6. The van der Waals surface area contributed by atoms with Gasteiger partial charge in [-0.25, -0.2) is 9.97 Å². The monoisotopic (exact) mass is 432 g/mol. The van der Waals surface area contributed by atoms with Crippen molar-refractivity contribution in [3.8, 4) is 23.0 Å². The highest BCUT2D eigenvalue weighted by Crippen LogP contribution is 2.46. The first kappa shape index (κ1) is 21.7. The molecule has 0 N–H and O–H groups in total. The number of aromatic nitrogens is 2. The molecule has 4 rings (SSSR count). The Morgan fingerprint density at radius 2 is 1.66 bits per heavy atom. The van der Waals surface area contributed by atoms with Crippen molar-refractivity contribution in [2.45, 2.75) is 32.8 Å². The van der Waals surface area contributed by atoms with E-state index in [1.54, 1.807) is 14.2 Å². The number of benzene rings is 2. The van der Waals surface area contributed by atoms with Crippen LogP contribution in [-0.2, 0) is 6.42 Å². The summed E-state index contributed by atoms with van der Waals surface area (Å²) in [6.45, 7) is 6.61. The number of fused-ring (bicyclic) bond motifs is 1. The minimum Gasteiger partial charge on any atom is -0.493 e. The fourth-order valence-corrected chi connectivity index (χ4v) is 3.95. The number of nitrogens with zero attached hydrogens (tertiary/aromatic N) is 2. The molecule has 0 aliphatic carbocycles. The second-order valence-electron chi connectivity index (χ2n) is 8.16. The lowest BCUT2D eigenvalue weighted by atomic mass is 9.88. The van der Waals surface area contributed by atoms with Crippen molar-refractivity contribution < 1.29 is 18.9 Å². The standard InChI is InChI=1S/C26H28N2O4/c1-6-31-24-11-17(9-18-14-27-16-28-15-18)10-20-21(13-26(2,3)32-25(20)24)19-7-8-22(29-4)23(12-19)30-5/h7-8,10-16H,6,9H2,1-5H3. The molecule has 0 radical (unpaired) electrons. The van der Waals surface area contributed by atoms with E-state index in [-0.39, 0.29) is 0 Å². The molecule has 6 heteroatoms. The van der Waals surface area contributed by atoms with Gasteiger partial charge in [0.25, 0.3) is 0 Å². The molecule has 6 nitrogen and oxygen atoms in total. The fraction of sp³-hybridized carbons (Fsp3) is 0.308. The molecule has 0 spiro atoms. The SMILES string of the molecule is CCOc1cc(Cc2cncnc2)cc2c1OC(C)(C)C=C2c1ccc(OC)c(OC)c1. The molecule has 0 unspecified atom stereocenters. The van der Waals surface area contributed by atoms with Gasteiger partial charge in [0.2, 0.25) is 0 Å². The van der Waals surface area contributed by atoms with Crippen molar-refractivity contribution in [3.05, 3.63) is 77.4 Å². The summed E-state index contributed by atoms with van der Waals surface area (Å²) in [7, 11) is 3.28. The maximum absolute atomic E-state index is 6.38. The van der Waals surface area contributed by atoms with Crippen LogP contribution >= 0.6 is 0 Å². The molecule has 3 aromatic rings. The van der Waals surface area contributed by atoms with E-state index in [1.807, 2.05) is 57.4 Å². The van der Waals surface area contributed by atoms with Crippen LogP contribution < -0.4 is 18.9 Å². The van der Waals surface area contributed by atoms with Crippen molar-refractivity contribution in [3.63, 3.8) is 0 Å². The third-order valence-electron chi connectivity index (χ3n) is 5.28. The van der Waals surface area contributed by atoms with Gasteiger partial charge in [0.1, 0.15) is 11.9 Å². The first-order chi connectivity index (χ1) is 15.4. The molecule has 1 aromatic heterocycles. The summed E-state index contributed by atoms with van der Waals surface area (Å²) in [5.74, 6) is 2.85. The molecule has 0 atom stereocenters. The van der Waals surface area contributed by atoms with Crippen LogP contribution in [0.25, 0.3) is 5.57 Å². The number of methoxy groups -OCH3 is 2. The van der Waals surface area contributed by atoms with Gasteiger partial charge in [0.05, 0.1) is 20.8 Å². The molecule has 32 heavy (non-hydrogen) atoms. The Balaban J connectivity index is 1.87. The van der Waals surface area contributed by atoms with Gasteiger partial charge < -0.3 is 18.9 Å². The Hall–Kier alpha value is -3.54. The van der Waals surface area contributed by atoms with Crippen LogP contribution in [0.15, 0.2) is 55.1 Å². The van der Waals surface area contributed by atoms with E-state index in [0.717, 1.165) is 39.3 Å². The third-order valence-corrected chi connectivity index (χ3v) is 5.28. The van der Waals surface area contributed by atoms with Crippen molar-refractivity contribution >= 4 is 5.57 Å². The number of rotatable bonds is 7. The predicted octanol–water partition coefficient (Wildman–Crippen LogP) is 5.09. The van der Waals surface area contributed by atoms with Crippen LogP contribution in [-0.4, -0.2) is 36.4 Å². The van der Waals surface area contributed by atoms with E-state index in [2.05, 4.69) is 22.1 Å². The molecule has 2 aromatic carbocycles. The highest BCUT2D eigenvalue weighted by atomic mass is 16.5. The highest BCUT2D eigenvalue weighted by molar-refractivity contribution is 5.87. The molecule has 1 aliphatic heterocycles. The molecular weight excluding hydrogens is 404 g/mol. The zero-order chi connectivity index (χ0) is 22.7. The summed E-state index contributed by atoms with van der Waals surface area (Å²) in [5.41, 5.74) is 4.68. The van der Waals surface area contributed by atoms with Crippen molar-refractivity contribution in [2.75, 3.05) is 20.8 Å². The summed E-state index contributed by atoms with van der Waals surface area (Å²) >= 11 is 0. The summed E-state index contributed by atoms with van der Waals surface area (Å²) in [6.07, 6.45) is 8.03. The molecule has 0 saturated carbocycles. The molecule has 0 fully saturated rings. The largest absolute Gasteiger partial charge is 0.493 e. The zero-order valence-corrected chi connectivity index (χ0v) is 19.1. The summed E-state index contributed by atoms with van der Waals surface area (Å²) in [4.78, 5) is 8.28. The molecule has 0 bridgehead atoms. The van der Waals surface area contributed by atoms with Crippen LogP contribution in [0.1, 0.15) is 43.0 Å². The Bertz CT molecular complexity index is 1140. The topological polar surface area (TPSA) is 62.7 Å². The van der Waals surface area contributed by atoms with E-state index < -0.39 is 5.60 Å². The van der Waals surface area contributed by atoms with Gasteiger partial charge in [-0.05, 0) is 73.4 Å². The molecule has 0 saturated heterocycles. The van der Waals surface area contributed by atoms with E-state index in [0.29, 0.717) is 24.5 Å². The molecule has 1 aliphatic rings. The van der Waals surface area contributed by atoms with Gasteiger partial charge in [-0.1, -0.05) is 6.07 Å². The van der Waals surface area contributed by atoms with E-state index in [4.69, 9.17) is 18.9 Å². The second kappa shape index (κ2) is 8.91. The first-order valence-corrected chi connectivity index (χ1v) is 10.6. The van der Waals surface area contributed by atoms with Crippen LogP contribution in [0.4, 0.5) is 0 Å². The average molecular weight is 433 g/mol. The van der Waals surface area contributed by atoms with E-state index >= 15 is 0 Å². The average Bonchev–Trinajstić information content (AvgIpc) is 2.79. The summed E-state index contributed by atoms with van der Waals surface area (Å²) < 4.78 is 23.4. The third kappa shape index (κ3) is 4.40. The Labute approximate surface area is 188 Å². The smallest absolute Gasteiger partial charge is 0.170 e. The van der Waals surface area contributed by atoms with E-state index in [9.17, 15) is 0 Å². The second-order valence-corrected chi connectivity index (χ2v) is 8.16.